The van der Waals surface area contributed by atoms with Crippen LogP contribution in [0.1, 0.15) is 18.5 Å². The average molecular weight is 369 g/mol. The Hall–Kier alpha value is -2.87. The molecule has 3 heterocycles. The molecule has 1 aliphatic heterocycles. The van der Waals surface area contributed by atoms with Crippen molar-refractivity contribution in [3.05, 3.63) is 56.7 Å². The standard InChI is InChI=1S/C19H23N5O3/c1-13(14-7-5-4-6-8-14)24-15-16(21(2)19(26)22(3)17(15)25)20-18(24)23-9-11-27-12-10-23/h4-8,13H,9-12H2,1-3H3/t13-/m1/s1. The molecule has 4 rings (SSSR count). The molecule has 2 aromatic heterocycles. The van der Waals surface area contributed by atoms with Crippen molar-refractivity contribution >= 4 is 17.1 Å². The first kappa shape index (κ1) is 17.5. The number of fused-ring (bicyclic) bond motifs is 1. The van der Waals surface area contributed by atoms with Crippen LogP contribution in [-0.4, -0.2) is 45.0 Å². The molecule has 142 valence electrons. The molecule has 0 N–H and O–H groups in total. The molecular formula is C19H23N5O3. The van der Waals surface area contributed by atoms with Crippen molar-refractivity contribution in [3.63, 3.8) is 0 Å². The lowest BCUT2D eigenvalue weighted by atomic mass is 10.1. The van der Waals surface area contributed by atoms with Gasteiger partial charge in [-0.3, -0.25) is 18.5 Å². The number of hydrogen-bond acceptors (Lipinski definition) is 5. The number of anilines is 1. The maximum absolute atomic E-state index is 13.0. The van der Waals surface area contributed by atoms with Gasteiger partial charge in [-0.2, -0.15) is 4.98 Å². The van der Waals surface area contributed by atoms with Crippen LogP contribution in [0.5, 0.6) is 0 Å². The molecule has 0 radical (unpaired) electrons. The maximum atomic E-state index is 13.0. The zero-order valence-electron chi connectivity index (χ0n) is 15.8. The summed E-state index contributed by atoms with van der Waals surface area (Å²) in [5.74, 6) is 0.697. The van der Waals surface area contributed by atoms with Crippen molar-refractivity contribution in [3.8, 4) is 0 Å². The highest BCUT2D eigenvalue weighted by Crippen LogP contribution is 2.29. The first-order valence-electron chi connectivity index (χ1n) is 9.06. The molecule has 0 bridgehead atoms. The maximum Gasteiger partial charge on any atom is 0.332 e. The Morgan fingerprint density at radius 3 is 2.37 bits per heavy atom. The van der Waals surface area contributed by atoms with Crippen LogP contribution in [-0.2, 0) is 18.8 Å². The van der Waals surface area contributed by atoms with E-state index in [4.69, 9.17) is 9.72 Å². The van der Waals surface area contributed by atoms with Gasteiger partial charge in [0.1, 0.15) is 0 Å². The summed E-state index contributed by atoms with van der Waals surface area (Å²) in [5.41, 5.74) is 1.22. The van der Waals surface area contributed by atoms with E-state index in [1.807, 2.05) is 41.8 Å². The quantitative estimate of drug-likeness (QED) is 0.685. The molecule has 8 nitrogen and oxygen atoms in total. The minimum Gasteiger partial charge on any atom is -0.378 e. The Kier molecular flexibility index (Phi) is 4.35. The molecule has 0 amide bonds. The number of ether oxygens (including phenoxy) is 1. The van der Waals surface area contributed by atoms with Gasteiger partial charge in [0.2, 0.25) is 5.95 Å². The Balaban J connectivity index is 2.04. The van der Waals surface area contributed by atoms with Gasteiger partial charge in [0.25, 0.3) is 5.56 Å². The lowest BCUT2D eigenvalue weighted by Crippen LogP contribution is -2.39. The van der Waals surface area contributed by atoms with Crippen molar-refractivity contribution in [1.82, 2.24) is 18.7 Å². The molecule has 8 heteroatoms. The molecular weight excluding hydrogens is 346 g/mol. The molecule has 27 heavy (non-hydrogen) atoms. The molecule has 0 aliphatic carbocycles. The minimum atomic E-state index is -0.377. The van der Waals surface area contributed by atoms with E-state index in [-0.39, 0.29) is 17.3 Å². The lowest BCUT2D eigenvalue weighted by molar-refractivity contribution is 0.121. The summed E-state index contributed by atoms with van der Waals surface area (Å²) in [5, 5.41) is 0. The molecule has 1 aliphatic rings. The van der Waals surface area contributed by atoms with Gasteiger partial charge in [-0.1, -0.05) is 30.3 Å². The van der Waals surface area contributed by atoms with Crippen LogP contribution >= 0.6 is 0 Å². The van der Waals surface area contributed by atoms with Crippen LogP contribution in [0.15, 0.2) is 39.9 Å². The first-order chi connectivity index (χ1) is 13.0. The average Bonchev–Trinajstić information content (AvgIpc) is 3.12. The normalized spacial score (nSPS) is 16.0. The Morgan fingerprint density at radius 1 is 1.04 bits per heavy atom. The molecule has 1 saturated heterocycles. The van der Waals surface area contributed by atoms with Gasteiger partial charge in [0, 0.05) is 27.2 Å². The van der Waals surface area contributed by atoms with Crippen LogP contribution in [0.4, 0.5) is 5.95 Å². The number of nitrogens with zero attached hydrogens (tertiary/aromatic N) is 5. The number of benzene rings is 1. The molecule has 0 spiro atoms. The summed E-state index contributed by atoms with van der Waals surface area (Å²) in [6.07, 6.45) is 0. The topological polar surface area (TPSA) is 74.3 Å². The van der Waals surface area contributed by atoms with Gasteiger partial charge in [0.15, 0.2) is 11.2 Å². The van der Waals surface area contributed by atoms with Crippen LogP contribution in [0.25, 0.3) is 11.2 Å². The fraction of sp³-hybridized carbons (Fsp3) is 0.421. The highest BCUT2D eigenvalue weighted by Gasteiger charge is 2.27. The highest BCUT2D eigenvalue weighted by atomic mass is 16.5. The monoisotopic (exact) mass is 369 g/mol. The van der Waals surface area contributed by atoms with Gasteiger partial charge in [-0.15, -0.1) is 0 Å². The molecule has 0 saturated carbocycles. The minimum absolute atomic E-state index is 0.112. The van der Waals surface area contributed by atoms with Gasteiger partial charge < -0.3 is 9.64 Å². The van der Waals surface area contributed by atoms with E-state index < -0.39 is 0 Å². The summed E-state index contributed by atoms with van der Waals surface area (Å²) < 4.78 is 10.0. The van der Waals surface area contributed by atoms with Crippen molar-refractivity contribution in [2.75, 3.05) is 31.2 Å². The van der Waals surface area contributed by atoms with Crippen molar-refractivity contribution in [2.24, 2.45) is 14.1 Å². The van der Waals surface area contributed by atoms with Crippen LogP contribution in [0.3, 0.4) is 0 Å². The SMILES string of the molecule is C[C@H](c1ccccc1)n1c(N2CCOCC2)nc2c1c(=O)n(C)c(=O)n2C. The van der Waals surface area contributed by atoms with E-state index in [1.54, 1.807) is 7.05 Å². The smallest absolute Gasteiger partial charge is 0.332 e. The van der Waals surface area contributed by atoms with Crippen molar-refractivity contribution < 1.29 is 4.74 Å². The predicted molar refractivity (Wildman–Crippen MR) is 104 cm³/mol. The highest BCUT2D eigenvalue weighted by molar-refractivity contribution is 5.75. The molecule has 1 atom stereocenters. The summed E-state index contributed by atoms with van der Waals surface area (Å²) in [4.78, 5) is 32.2. The molecule has 0 unspecified atom stereocenters. The predicted octanol–water partition coefficient (Wildman–Crippen LogP) is 0.880. The zero-order valence-corrected chi connectivity index (χ0v) is 15.8. The van der Waals surface area contributed by atoms with E-state index in [9.17, 15) is 9.59 Å². The second-order valence-corrected chi connectivity index (χ2v) is 6.85. The van der Waals surface area contributed by atoms with Crippen molar-refractivity contribution in [1.29, 1.82) is 0 Å². The Morgan fingerprint density at radius 2 is 1.70 bits per heavy atom. The third-order valence-corrected chi connectivity index (χ3v) is 5.24. The van der Waals surface area contributed by atoms with Gasteiger partial charge in [-0.25, -0.2) is 4.79 Å². The first-order valence-corrected chi connectivity index (χ1v) is 9.06. The zero-order chi connectivity index (χ0) is 19.1. The fourth-order valence-electron chi connectivity index (χ4n) is 3.64. The number of aryl methyl sites for hydroxylation is 1. The Labute approximate surface area is 156 Å². The summed E-state index contributed by atoms with van der Waals surface area (Å²) >= 11 is 0. The number of rotatable bonds is 3. The van der Waals surface area contributed by atoms with E-state index in [0.717, 1.165) is 10.1 Å². The lowest BCUT2D eigenvalue weighted by Gasteiger charge is -2.30. The number of imidazole rings is 1. The number of aromatic nitrogens is 4. The van der Waals surface area contributed by atoms with Gasteiger partial charge >= 0.3 is 5.69 Å². The van der Waals surface area contributed by atoms with E-state index >= 15 is 0 Å². The molecule has 1 aromatic carbocycles. The van der Waals surface area contributed by atoms with Gasteiger partial charge in [-0.05, 0) is 12.5 Å². The summed E-state index contributed by atoms with van der Waals surface area (Å²) in [6.45, 7) is 4.66. The Bertz CT molecular complexity index is 1090. The number of morpholine rings is 1. The second-order valence-electron chi connectivity index (χ2n) is 6.85. The third-order valence-electron chi connectivity index (χ3n) is 5.24. The molecule has 3 aromatic rings. The van der Waals surface area contributed by atoms with E-state index in [1.165, 1.54) is 11.6 Å². The van der Waals surface area contributed by atoms with Crippen LogP contribution in [0.2, 0.25) is 0 Å². The van der Waals surface area contributed by atoms with Crippen LogP contribution < -0.4 is 16.1 Å². The summed E-state index contributed by atoms with van der Waals surface area (Å²) in [6, 6.07) is 9.88. The largest absolute Gasteiger partial charge is 0.378 e. The van der Waals surface area contributed by atoms with Gasteiger partial charge in [0.05, 0.1) is 19.3 Å². The van der Waals surface area contributed by atoms with Crippen molar-refractivity contribution in [2.45, 2.75) is 13.0 Å². The van der Waals surface area contributed by atoms with E-state index in [2.05, 4.69) is 4.90 Å². The number of hydrogen-bond donors (Lipinski definition) is 0. The third kappa shape index (κ3) is 2.76. The van der Waals surface area contributed by atoms with Crippen LogP contribution in [0, 0.1) is 0 Å². The van der Waals surface area contributed by atoms with E-state index in [0.29, 0.717) is 43.4 Å². The summed E-state index contributed by atoms with van der Waals surface area (Å²) in [7, 11) is 3.15. The fourth-order valence-corrected chi connectivity index (χ4v) is 3.64. The molecule has 1 fully saturated rings. The second kappa shape index (κ2) is 6.70.